The van der Waals surface area contributed by atoms with E-state index in [1.807, 2.05) is 7.05 Å². The standard InChI is InChI=1S/C26H31F2N3O4.C11H25N/c1-15(2)11-29-12-16(3)8-9-31-22(29)14-30-13-19(24(33)25(34)23(30)26(31)35)21(32)7-5-17-4-6-18(27)10-20(17)28;1-10(2)6-5-7-11(3)8-9-12-4/h4,6,10,13,15-16,22,34H,5,7-9,11-12,14H2,1-3H3;10-12H,5-9H2,1-4H3/t16-,22?;11-/m10/s1. The van der Waals surface area contributed by atoms with Crippen LogP contribution < -0.4 is 10.7 Å². The molecule has 3 atom stereocenters. The number of nitrogens with one attached hydrogen (secondary N) is 1. The Balaban J connectivity index is 0.000000426. The van der Waals surface area contributed by atoms with Crippen LogP contribution in [0.1, 0.15) is 106 Å². The lowest BCUT2D eigenvalue weighted by molar-refractivity contribution is 0.0170. The number of Topliss-reactive ketones (excluding diaryl/α,β-unsaturated/α-hetero) is 1. The Kier molecular flexibility index (Phi) is 14.6. The summed E-state index contributed by atoms with van der Waals surface area (Å²) in [5.41, 5.74) is -1.10. The molecule has 2 aromatic rings. The van der Waals surface area contributed by atoms with Gasteiger partial charge < -0.3 is 19.9 Å². The normalized spacial score (nSPS) is 18.8. The van der Waals surface area contributed by atoms with Gasteiger partial charge in [-0.25, -0.2) is 8.78 Å². The third-order valence-electron chi connectivity index (χ3n) is 9.17. The Morgan fingerprint density at radius 3 is 2.40 bits per heavy atom. The highest BCUT2D eigenvalue weighted by Crippen LogP contribution is 2.29. The summed E-state index contributed by atoms with van der Waals surface area (Å²) in [4.78, 5) is 43.1. The summed E-state index contributed by atoms with van der Waals surface area (Å²) in [6.45, 7) is 17.0. The first kappa shape index (κ1) is 38.3. The van der Waals surface area contributed by atoms with Crippen LogP contribution in [0.2, 0.25) is 0 Å². The second kappa shape index (κ2) is 17.9. The lowest BCUT2D eigenvalue weighted by Gasteiger charge is -2.42. The Hall–Kier alpha value is -3.11. The van der Waals surface area contributed by atoms with Crippen LogP contribution in [-0.4, -0.2) is 70.6 Å². The number of pyridine rings is 1. The van der Waals surface area contributed by atoms with E-state index in [1.165, 1.54) is 49.1 Å². The number of carbonyl (C=O) groups is 2. The maximum Gasteiger partial charge on any atom is 0.275 e. The summed E-state index contributed by atoms with van der Waals surface area (Å²) < 4.78 is 28.6. The van der Waals surface area contributed by atoms with E-state index >= 15 is 0 Å². The Bertz CT molecular complexity index is 1410. The zero-order valence-electron chi connectivity index (χ0n) is 29.5. The monoisotopic (exact) mass is 658 g/mol. The van der Waals surface area contributed by atoms with Crippen molar-refractivity contribution in [1.29, 1.82) is 0 Å². The van der Waals surface area contributed by atoms with Crippen LogP contribution in [0, 0.1) is 35.3 Å². The molecule has 3 heterocycles. The van der Waals surface area contributed by atoms with Gasteiger partial charge in [-0.2, -0.15) is 0 Å². The molecular formula is C37H56F2N4O4. The summed E-state index contributed by atoms with van der Waals surface area (Å²) in [6, 6.07) is 3.11. The maximum absolute atomic E-state index is 14.0. The van der Waals surface area contributed by atoms with Crippen LogP contribution >= 0.6 is 0 Å². The van der Waals surface area contributed by atoms with Crippen LogP contribution in [0.3, 0.4) is 0 Å². The molecule has 1 aromatic carbocycles. The van der Waals surface area contributed by atoms with E-state index in [1.54, 1.807) is 4.90 Å². The van der Waals surface area contributed by atoms with E-state index in [9.17, 15) is 28.3 Å². The van der Waals surface area contributed by atoms with Gasteiger partial charge in [0.1, 0.15) is 17.8 Å². The molecule has 0 aliphatic carbocycles. The second-order valence-electron chi connectivity index (χ2n) is 14.4. The highest BCUT2D eigenvalue weighted by Gasteiger charge is 2.40. The molecule has 1 unspecified atom stereocenters. The van der Waals surface area contributed by atoms with Crippen LogP contribution in [0.25, 0.3) is 0 Å². The highest BCUT2D eigenvalue weighted by atomic mass is 19.1. The van der Waals surface area contributed by atoms with Gasteiger partial charge in [0.15, 0.2) is 17.2 Å². The lowest BCUT2D eigenvalue weighted by Crippen LogP contribution is -2.57. The quantitative estimate of drug-likeness (QED) is 0.239. The molecule has 0 spiro atoms. The summed E-state index contributed by atoms with van der Waals surface area (Å²) in [5.74, 6) is -0.677. The molecule has 1 aromatic heterocycles. The molecule has 2 N–H and O–H groups in total. The molecular weight excluding hydrogens is 602 g/mol. The van der Waals surface area contributed by atoms with Gasteiger partial charge in [0.25, 0.3) is 5.91 Å². The maximum atomic E-state index is 14.0. The third-order valence-corrected chi connectivity index (χ3v) is 9.17. The predicted octanol–water partition coefficient (Wildman–Crippen LogP) is 6.49. The number of aryl methyl sites for hydroxylation is 1. The SMILES string of the molecule is CC(C)CN1C[C@H](C)CCN2C(=O)c3c(O)c(=O)c(C(=O)CCc4ccc(F)cc4F)cn3CC12.CNCC[C@@H](C)CCCC(C)C. The number of aromatic hydroxyl groups is 1. The zero-order valence-corrected chi connectivity index (χ0v) is 29.5. The van der Waals surface area contributed by atoms with Gasteiger partial charge in [0.2, 0.25) is 5.43 Å². The van der Waals surface area contributed by atoms with E-state index in [-0.39, 0.29) is 35.8 Å². The van der Waals surface area contributed by atoms with E-state index < -0.39 is 34.5 Å². The number of benzene rings is 1. The van der Waals surface area contributed by atoms with Crippen molar-refractivity contribution < 1.29 is 23.5 Å². The van der Waals surface area contributed by atoms with E-state index in [0.29, 0.717) is 24.9 Å². The van der Waals surface area contributed by atoms with Gasteiger partial charge in [-0.3, -0.25) is 19.3 Å². The summed E-state index contributed by atoms with van der Waals surface area (Å²) in [7, 11) is 2.03. The van der Waals surface area contributed by atoms with Crippen molar-refractivity contribution in [2.45, 2.75) is 99.2 Å². The highest BCUT2D eigenvalue weighted by molar-refractivity contribution is 6.00. The molecule has 2 aliphatic rings. The zero-order chi connectivity index (χ0) is 34.8. The molecule has 1 fully saturated rings. The molecule has 2 aliphatic heterocycles. The number of nitrogens with zero attached hydrogens (tertiary/aromatic N) is 3. The van der Waals surface area contributed by atoms with Gasteiger partial charge in [-0.1, -0.05) is 66.9 Å². The smallest absolute Gasteiger partial charge is 0.275 e. The summed E-state index contributed by atoms with van der Waals surface area (Å²) in [6.07, 6.45) is 7.22. The molecule has 1 amide bonds. The van der Waals surface area contributed by atoms with Gasteiger partial charge in [-0.05, 0) is 68.2 Å². The van der Waals surface area contributed by atoms with Gasteiger partial charge in [0.05, 0.1) is 12.1 Å². The first-order valence-corrected chi connectivity index (χ1v) is 17.4. The molecule has 10 heteroatoms. The van der Waals surface area contributed by atoms with Gasteiger partial charge in [-0.15, -0.1) is 0 Å². The van der Waals surface area contributed by atoms with Crippen molar-refractivity contribution in [3.05, 3.63) is 63.1 Å². The number of hydrogen-bond donors (Lipinski definition) is 2. The first-order valence-electron chi connectivity index (χ1n) is 17.4. The first-order chi connectivity index (χ1) is 22.2. The van der Waals surface area contributed by atoms with E-state index in [0.717, 1.165) is 43.5 Å². The molecule has 0 saturated carbocycles. The molecule has 47 heavy (non-hydrogen) atoms. The predicted molar refractivity (Wildman–Crippen MR) is 183 cm³/mol. The second-order valence-corrected chi connectivity index (χ2v) is 14.4. The fourth-order valence-electron chi connectivity index (χ4n) is 6.48. The fourth-order valence-corrected chi connectivity index (χ4v) is 6.48. The number of ketones is 1. The number of amides is 1. The van der Waals surface area contributed by atoms with Crippen molar-refractivity contribution in [2.75, 3.05) is 33.2 Å². The molecule has 8 nitrogen and oxygen atoms in total. The summed E-state index contributed by atoms with van der Waals surface area (Å²) in [5, 5.41) is 13.9. The van der Waals surface area contributed by atoms with Crippen LogP contribution in [-0.2, 0) is 13.0 Å². The minimum Gasteiger partial charge on any atom is -0.503 e. The minimum absolute atomic E-state index is 0.0255. The van der Waals surface area contributed by atoms with Crippen molar-refractivity contribution in [2.24, 2.45) is 23.7 Å². The third kappa shape index (κ3) is 10.7. The Morgan fingerprint density at radius 2 is 1.77 bits per heavy atom. The number of hydrogen-bond acceptors (Lipinski definition) is 6. The van der Waals surface area contributed by atoms with E-state index in [2.05, 4.69) is 51.8 Å². The van der Waals surface area contributed by atoms with Crippen LogP contribution in [0.5, 0.6) is 5.75 Å². The van der Waals surface area contributed by atoms with Crippen LogP contribution in [0.4, 0.5) is 8.78 Å². The molecule has 1 saturated heterocycles. The molecule has 4 rings (SSSR count). The number of carbonyl (C=O) groups excluding carboxylic acids is 2. The number of aromatic nitrogens is 1. The van der Waals surface area contributed by atoms with E-state index in [4.69, 9.17) is 0 Å². The minimum atomic E-state index is -0.908. The average Bonchev–Trinajstić information content (AvgIpc) is 3.15. The molecule has 0 bridgehead atoms. The average molecular weight is 659 g/mol. The number of fused-ring (bicyclic) bond motifs is 2. The Morgan fingerprint density at radius 1 is 1.04 bits per heavy atom. The molecule has 0 radical (unpaired) electrons. The molecule has 262 valence electrons. The largest absolute Gasteiger partial charge is 0.503 e. The van der Waals surface area contributed by atoms with Crippen molar-refractivity contribution in [1.82, 2.24) is 19.7 Å². The fraction of sp³-hybridized carbons (Fsp3) is 0.649. The number of rotatable bonds is 13. The van der Waals surface area contributed by atoms with Crippen molar-refractivity contribution >= 4 is 11.7 Å². The van der Waals surface area contributed by atoms with Crippen molar-refractivity contribution in [3.8, 4) is 5.75 Å². The van der Waals surface area contributed by atoms with Crippen molar-refractivity contribution in [3.63, 3.8) is 0 Å². The summed E-state index contributed by atoms with van der Waals surface area (Å²) >= 11 is 0. The van der Waals surface area contributed by atoms with Gasteiger partial charge in [0, 0.05) is 38.3 Å². The Labute approximate surface area is 279 Å². The number of halogens is 2. The lowest BCUT2D eigenvalue weighted by atomic mass is 9.97. The topological polar surface area (TPSA) is 94.9 Å². The van der Waals surface area contributed by atoms with Gasteiger partial charge >= 0.3 is 0 Å². The van der Waals surface area contributed by atoms with Crippen LogP contribution in [0.15, 0.2) is 29.2 Å².